The SMILES string of the molecule is COC(=O)C1=C(C)Nc2ncnn2[C@H]1c1ccnn1C. The highest BCUT2D eigenvalue weighted by atomic mass is 16.5. The first-order valence-corrected chi connectivity index (χ1v) is 6.07. The second-order valence-electron chi connectivity index (χ2n) is 4.47. The standard InChI is InChI=1S/C12H14N6O2/c1-7-9(11(19)20-3)10(8-4-5-14-17(8)2)18-12(16-7)13-6-15-18/h4-6,10H,1-3H3,(H,13,15,16)/t10-/m0/s1. The van der Waals surface area contributed by atoms with E-state index in [0.29, 0.717) is 17.2 Å². The molecule has 8 nitrogen and oxygen atoms in total. The van der Waals surface area contributed by atoms with Crippen LogP contribution in [0.25, 0.3) is 0 Å². The Morgan fingerprint density at radius 2 is 2.25 bits per heavy atom. The summed E-state index contributed by atoms with van der Waals surface area (Å²) in [6.07, 6.45) is 3.12. The van der Waals surface area contributed by atoms with Crippen molar-refractivity contribution < 1.29 is 9.53 Å². The molecule has 0 fully saturated rings. The van der Waals surface area contributed by atoms with E-state index in [1.54, 1.807) is 15.6 Å². The molecule has 0 saturated heterocycles. The molecule has 0 spiro atoms. The maximum absolute atomic E-state index is 12.1. The van der Waals surface area contributed by atoms with E-state index in [1.807, 2.05) is 20.0 Å². The first-order valence-electron chi connectivity index (χ1n) is 6.07. The van der Waals surface area contributed by atoms with Gasteiger partial charge in [0.2, 0.25) is 5.95 Å². The van der Waals surface area contributed by atoms with Crippen molar-refractivity contribution in [2.75, 3.05) is 12.4 Å². The summed E-state index contributed by atoms with van der Waals surface area (Å²) in [5.41, 5.74) is 2.02. The minimum Gasteiger partial charge on any atom is -0.466 e. The monoisotopic (exact) mass is 274 g/mol. The van der Waals surface area contributed by atoms with Crippen molar-refractivity contribution in [3.05, 3.63) is 35.6 Å². The zero-order valence-corrected chi connectivity index (χ0v) is 11.4. The number of allylic oxidation sites excluding steroid dienone is 1. The molecule has 3 heterocycles. The van der Waals surface area contributed by atoms with Gasteiger partial charge in [-0.3, -0.25) is 4.68 Å². The highest BCUT2D eigenvalue weighted by Crippen LogP contribution is 2.34. The van der Waals surface area contributed by atoms with Gasteiger partial charge in [-0.05, 0) is 13.0 Å². The predicted octanol–water partition coefficient (Wildman–Crippen LogP) is 0.473. The van der Waals surface area contributed by atoms with Crippen LogP contribution in [0.3, 0.4) is 0 Å². The largest absolute Gasteiger partial charge is 0.466 e. The van der Waals surface area contributed by atoms with Crippen molar-refractivity contribution in [2.45, 2.75) is 13.0 Å². The summed E-state index contributed by atoms with van der Waals surface area (Å²) in [4.78, 5) is 16.3. The maximum atomic E-state index is 12.1. The number of fused-ring (bicyclic) bond motifs is 1. The van der Waals surface area contributed by atoms with Crippen LogP contribution in [0.2, 0.25) is 0 Å². The molecule has 2 aromatic heterocycles. The molecular weight excluding hydrogens is 260 g/mol. The maximum Gasteiger partial charge on any atom is 0.338 e. The number of carbonyl (C=O) groups excluding carboxylic acids is 1. The van der Waals surface area contributed by atoms with Crippen molar-refractivity contribution in [3.8, 4) is 0 Å². The average molecular weight is 274 g/mol. The molecule has 2 aromatic rings. The number of esters is 1. The first-order chi connectivity index (χ1) is 9.63. The van der Waals surface area contributed by atoms with Gasteiger partial charge in [-0.1, -0.05) is 0 Å². The molecule has 0 bridgehead atoms. The van der Waals surface area contributed by atoms with E-state index in [1.165, 1.54) is 13.4 Å². The average Bonchev–Trinajstić information content (AvgIpc) is 3.05. The molecule has 1 N–H and O–H groups in total. The summed E-state index contributed by atoms with van der Waals surface area (Å²) < 4.78 is 8.25. The quantitative estimate of drug-likeness (QED) is 0.801. The third-order valence-corrected chi connectivity index (χ3v) is 3.34. The Labute approximate surface area is 115 Å². The molecule has 0 aromatic carbocycles. The fourth-order valence-electron chi connectivity index (χ4n) is 2.39. The number of ether oxygens (including phenoxy) is 1. The van der Waals surface area contributed by atoms with E-state index in [9.17, 15) is 4.79 Å². The number of aromatic nitrogens is 5. The van der Waals surface area contributed by atoms with E-state index in [2.05, 4.69) is 20.5 Å². The number of aryl methyl sites for hydroxylation is 1. The summed E-state index contributed by atoms with van der Waals surface area (Å²) >= 11 is 0. The lowest BCUT2D eigenvalue weighted by Gasteiger charge is -2.27. The van der Waals surface area contributed by atoms with Crippen LogP contribution in [0.1, 0.15) is 18.7 Å². The van der Waals surface area contributed by atoms with E-state index in [-0.39, 0.29) is 0 Å². The van der Waals surface area contributed by atoms with Crippen LogP contribution in [0.15, 0.2) is 29.9 Å². The molecule has 8 heteroatoms. The fraction of sp³-hybridized carbons (Fsp3) is 0.333. The van der Waals surface area contributed by atoms with Gasteiger partial charge in [0.1, 0.15) is 12.4 Å². The number of anilines is 1. The van der Waals surface area contributed by atoms with Gasteiger partial charge in [0.05, 0.1) is 18.4 Å². The van der Waals surface area contributed by atoms with Crippen LogP contribution in [0, 0.1) is 0 Å². The Morgan fingerprint density at radius 3 is 2.90 bits per heavy atom. The molecule has 0 amide bonds. The number of methoxy groups -OCH3 is 1. The van der Waals surface area contributed by atoms with Crippen LogP contribution in [-0.2, 0) is 16.6 Å². The molecule has 0 saturated carbocycles. The van der Waals surface area contributed by atoms with E-state index in [4.69, 9.17) is 4.74 Å². The minimum absolute atomic E-state index is 0.401. The molecule has 0 unspecified atom stereocenters. The molecule has 3 rings (SSSR count). The van der Waals surface area contributed by atoms with Gasteiger partial charge < -0.3 is 10.1 Å². The lowest BCUT2D eigenvalue weighted by atomic mass is 10.0. The lowest BCUT2D eigenvalue weighted by molar-refractivity contribution is -0.136. The van der Waals surface area contributed by atoms with Gasteiger partial charge in [0.25, 0.3) is 0 Å². The van der Waals surface area contributed by atoms with E-state index < -0.39 is 12.0 Å². The van der Waals surface area contributed by atoms with Crippen LogP contribution in [0.4, 0.5) is 5.95 Å². The predicted molar refractivity (Wildman–Crippen MR) is 69.7 cm³/mol. The molecule has 1 aliphatic rings. The molecule has 0 aliphatic carbocycles. The molecule has 1 atom stereocenters. The fourth-order valence-corrected chi connectivity index (χ4v) is 2.39. The van der Waals surface area contributed by atoms with Crippen molar-refractivity contribution in [1.82, 2.24) is 24.5 Å². The summed E-state index contributed by atoms with van der Waals surface area (Å²) in [5, 5.41) is 11.4. The summed E-state index contributed by atoms with van der Waals surface area (Å²) in [7, 11) is 3.18. The number of rotatable bonds is 2. The van der Waals surface area contributed by atoms with Crippen molar-refractivity contribution in [1.29, 1.82) is 0 Å². The topological polar surface area (TPSA) is 86.9 Å². The Kier molecular flexibility index (Phi) is 2.78. The molecule has 1 aliphatic heterocycles. The smallest absolute Gasteiger partial charge is 0.338 e. The highest BCUT2D eigenvalue weighted by molar-refractivity contribution is 5.92. The second-order valence-corrected chi connectivity index (χ2v) is 4.47. The first kappa shape index (κ1) is 12.4. The molecule has 20 heavy (non-hydrogen) atoms. The van der Waals surface area contributed by atoms with Gasteiger partial charge >= 0.3 is 5.97 Å². The number of carbonyl (C=O) groups is 1. The molecule has 0 radical (unpaired) electrons. The Morgan fingerprint density at radius 1 is 1.45 bits per heavy atom. The lowest BCUT2D eigenvalue weighted by Crippen LogP contribution is -2.30. The van der Waals surface area contributed by atoms with Crippen molar-refractivity contribution in [2.24, 2.45) is 7.05 Å². The van der Waals surface area contributed by atoms with Crippen LogP contribution >= 0.6 is 0 Å². The Balaban J connectivity index is 2.21. The Hall–Kier alpha value is -2.64. The number of nitrogens with one attached hydrogen (secondary N) is 1. The zero-order valence-electron chi connectivity index (χ0n) is 11.4. The minimum atomic E-state index is -0.409. The normalized spacial score (nSPS) is 17.6. The van der Waals surface area contributed by atoms with Crippen LogP contribution < -0.4 is 5.32 Å². The summed E-state index contributed by atoms with van der Waals surface area (Å²) in [6, 6.07) is 1.44. The Bertz CT molecular complexity index is 698. The third-order valence-electron chi connectivity index (χ3n) is 3.34. The van der Waals surface area contributed by atoms with Gasteiger partial charge in [0, 0.05) is 18.9 Å². The summed E-state index contributed by atoms with van der Waals surface area (Å²) in [5.74, 6) is 0.184. The van der Waals surface area contributed by atoms with Crippen molar-refractivity contribution in [3.63, 3.8) is 0 Å². The number of hydrogen-bond donors (Lipinski definition) is 1. The molecule has 104 valence electrons. The van der Waals surface area contributed by atoms with Crippen molar-refractivity contribution >= 4 is 11.9 Å². The van der Waals surface area contributed by atoms with Gasteiger partial charge in [-0.25, -0.2) is 9.48 Å². The van der Waals surface area contributed by atoms with E-state index in [0.717, 1.165) is 5.69 Å². The summed E-state index contributed by atoms with van der Waals surface area (Å²) in [6.45, 7) is 1.81. The van der Waals surface area contributed by atoms with Gasteiger partial charge in [-0.15, -0.1) is 0 Å². The number of hydrogen-bond acceptors (Lipinski definition) is 6. The molecular formula is C12H14N6O2. The van der Waals surface area contributed by atoms with Gasteiger partial charge in [0.15, 0.2) is 0 Å². The van der Waals surface area contributed by atoms with Crippen LogP contribution in [0.5, 0.6) is 0 Å². The third kappa shape index (κ3) is 1.68. The second kappa shape index (κ2) is 4.48. The zero-order chi connectivity index (χ0) is 14.3. The van der Waals surface area contributed by atoms with Gasteiger partial charge in [-0.2, -0.15) is 15.2 Å². The highest BCUT2D eigenvalue weighted by Gasteiger charge is 2.35. The number of nitrogens with zero attached hydrogens (tertiary/aromatic N) is 5. The van der Waals surface area contributed by atoms with E-state index >= 15 is 0 Å². The van der Waals surface area contributed by atoms with Crippen LogP contribution in [-0.4, -0.2) is 37.6 Å².